The lowest BCUT2D eigenvalue weighted by Crippen LogP contribution is -2.44. The molecular weight excluding hydrogens is 340 g/mol. The predicted octanol–water partition coefficient (Wildman–Crippen LogP) is 3.42. The third kappa shape index (κ3) is 4.18. The van der Waals surface area contributed by atoms with E-state index in [0.717, 1.165) is 30.7 Å². The van der Waals surface area contributed by atoms with E-state index in [-0.39, 0.29) is 18.1 Å². The number of carbonyl (C=O) groups excluding carboxylic acids is 1. The van der Waals surface area contributed by atoms with Gasteiger partial charge < -0.3 is 9.72 Å². The summed E-state index contributed by atoms with van der Waals surface area (Å²) in [6, 6.07) is 15.4. The third-order valence-electron chi connectivity index (χ3n) is 4.74. The highest BCUT2D eigenvalue weighted by Crippen LogP contribution is 2.16. The van der Waals surface area contributed by atoms with Gasteiger partial charge in [0.15, 0.2) is 0 Å². The number of aromatic nitrogens is 2. The lowest BCUT2D eigenvalue weighted by Gasteiger charge is -2.35. The normalized spacial score (nSPS) is 20.7. The van der Waals surface area contributed by atoms with E-state index in [1.807, 2.05) is 48.5 Å². The summed E-state index contributed by atoms with van der Waals surface area (Å²) in [5.74, 6) is 0.288. The fraction of sp³-hybridized carbons (Fsp3) is 0.333. The van der Waals surface area contributed by atoms with Crippen LogP contribution in [0.2, 0.25) is 0 Å². The van der Waals surface area contributed by atoms with Gasteiger partial charge in [-0.05, 0) is 43.7 Å². The van der Waals surface area contributed by atoms with E-state index in [4.69, 9.17) is 4.74 Å². The first-order chi connectivity index (χ1) is 13.1. The molecule has 1 fully saturated rings. The van der Waals surface area contributed by atoms with Crippen LogP contribution in [0.4, 0.5) is 5.95 Å². The summed E-state index contributed by atoms with van der Waals surface area (Å²) in [5, 5.41) is 2.83. The molecule has 4 rings (SSSR count). The molecule has 0 saturated carbocycles. The number of anilines is 1. The summed E-state index contributed by atoms with van der Waals surface area (Å²) in [5.41, 5.74) is 3.54. The van der Waals surface area contributed by atoms with E-state index >= 15 is 0 Å². The van der Waals surface area contributed by atoms with Gasteiger partial charge in [0, 0.05) is 25.2 Å². The fourth-order valence-corrected chi connectivity index (χ4v) is 3.62. The summed E-state index contributed by atoms with van der Waals surface area (Å²) < 4.78 is 5.78. The van der Waals surface area contributed by atoms with Crippen molar-refractivity contribution in [2.45, 2.75) is 32.6 Å². The number of rotatable bonds is 4. The van der Waals surface area contributed by atoms with Gasteiger partial charge in [-0.3, -0.25) is 15.0 Å². The topological polar surface area (TPSA) is 70.2 Å². The van der Waals surface area contributed by atoms with Crippen LogP contribution in [0.3, 0.4) is 0 Å². The number of hydrogen-bond donors (Lipinski definition) is 2. The van der Waals surface area contributed by atoms with Gasteiger partial charge in [0.1, 0.15) is 0 Å². The number of ether oxygens (including phenoxy) is 1. The van der Waals surface area contributed by atoms with Crippen molar-refractivity contribution in [2.24, 2.45) is 0 Å². The molecule has 6 heteroatoms. The monoisotopic (exact) mass is 364 g/mol. The van der Waals surface area contributed by atoms with Crippen LogP contribution in [0, 0.1) is 0 Å². The zero-order valence-corrected chi connectivity index (χ0v) is 15.6. The Balaban J connectivity index is 1.40. The van der Waals surface area contributed by atoms with E-state index < -0.39 is 0 Å². The third-order valence-corrected chi connectivity index (χ3v) is 4.74. The minimum atomic E-state index is -0.172. The molecule has 2 heterocycles. The molecule has 2 atom stereocenters. The molecule has 0 unspecified atom stereocenters. The number of aromatic amines is 1. The number of morpholine rings is 1. The number of fused-ring (bicyclic) bond motifs is 1. The molecule has 1 saturated heterocycles. The zero-order chi connectivity index (χ0) is 18.8. The predicted molar refractivity (Wildman–Crippen MR) is 106 cm³/mol. The molecule has 2 N–H and O–H groups in total. The minimum absolute atomic E-state index is 0.172. The first-order valence-electron chi connectivity index (χ1n) is 9.29. The van der Waals surface area contributed by atoms with Crippen molar-refractivity contribution >= 4 is 22.9 Å². The summed E-state index contributed by atoms with van der Waals surface area (Å²) >= 11 is 0. The largest absolute Gasteiger partial charge is 0.373 e. The second-order valence-corrected chi connectivity index (χ2v) is 7.21. The van der Waals surface area contributed by atoms with Gasteiger partial charge in [-0.25, -0.2) is 4.98 Å². The number of amides is 1. The van der Waals surface area contributed by atoms with E-state index in [9.17, 15) is 4.79 Å². The van der Waals surface area contributed by atoms with E-state index in [0.29, 0.717) is 11.5 Å². The highest BCUT2D eigenvalue weighted by molar-refractivity contribution is 6.03. The van der Waals surface area contributed by atoms with Gasteiger partial charge in [0.05, 0.1) is 23.2 Å². The maximum atomic E-state index is 12.5. The Morgan fingerprint density at radius 1 is 1.15 bits per heavy atom. The van der Waals surface area contributed by atoms with Crippen LogP contribution in [0.25, 0.3) is 11.0 Å². The first kappa shape index (κ1) is 17.7. The Morgan fingerprint density at radius 2 is 1.85 bits per heavy atom. The number of imidazole rings is 1. The molecule has 6 nitrogen and oxygen atoms in total. The summed E-state index contributed by atoms with van der Waals surface area (Å²) in [6.07, 6.45) is 0.505. The number of nitrogens with zero attached hydrogens (tertiary/aromatic N) is 2. The van der Waals surface area contributed by atoms with Crippen molar-refractivity contribution in [3.8, 4) is 0 Å². The number of carbonyl (C=O) groups is 1. The molecule has 0 bridgehead atoms. The zero-order valence-electron chi connectivity index (χ0n) is 15.6. The van der Waals surface area contributed by atoms with Crippen LogP contribution in [0.5, 0.6) is 0 Å². The molecule has 1 aliphatic heterocycles. The highest BCUT2D eigenvalue weighted by Gasteiger charge is 2.22. The van der Waals surface area contributed by atoms with Crippen LogP contribution in [0.15, 0.2) is 48.5 Å². The van der Waals surface area contributed by atoms with Crippen LogP contribution in [-0.2, 0) is 11.3 Å². The summed E-state index contributed by atoms with van der Waals surface area (Å²) in [6.45, 7) is 6.93. The van der Waals surface area contributed by atoms with Gasteiger partial charge in [-0.1, -0.05) is 24.3 Å². The maximum absolute atomic E-state index is 12.5. The smallest absolute Gasteiger partial charge is 0.257 e. The average molecular weight is 364 g/mol. The van der Waals surface area contributed by atoms with Gasteiger partial charge in [-0.2, -0.15) is 0 Å². The Bertz CT molecular complexity index is 892. The average Bonchev–Trinajstić information content (AvgIpc) is 3.03. The molecule has 0 spiro atoms. The molecular formula is C21H24N4O2. The van der Waals surface area contributed by atoms with Crippen molar-refractivity contribution in [3.63, 3.8) is 0 Å². The quantitative estimate of drug-likeness (QED) is 0.744. The van der Waals surface area contributed by atoms with Crippen LogP contribution in [0.1, 0.15) is 29.8 Å². The Morgan fingerprint density at radius 3 is 2.56 bits per heavy atom. The lowest BCUT2D eigenvalue weighted by atomic mass is 10.1. The molecule has 27 heavy (non-hydrogen) atoms. The molecule has 1 aliphatic rings. The summed E-state index contributed by atoms with van der Waals surface area (Å²) in [7, 11) is 0. The Kier molecular flexibility index (Phi) is 4.92. The van der Waals surface area contributed by atoms with Gasteiger partial charge >= 0.3 is 0 Å². The first-order valence-corrected chi connectivity index (χ1v) is 9.29. The SMILES string of the molecule is C[C@@H]1CN(Cc2ccc(C(=O)Nc3nc4ccccc4[nH]3)cc2)C[C@H](C)O1. The standard InChI is InChI=1S/C21H24N4O2/c1-14-11-25(12-15(2)27-14)13-16-7-9-17(10-8-16)20(26)24-21-22-18-5-3-4-6-19(18)23-21/h3-10,14-15H,11-13H2,1-2H3,(H2,22,23,24,26)/t14-,15+. The number of nitrogens with one attached hydrogen (secondary N) is 2. The van der Waals surface area contributed by atoms with E-state index in [2.05, 4.69) is 34.0 Å². The lowest BCUT2D eigenvalue weighted by molar-refractivity contribution is -0.0704. The molecule has 0 aliphatic carbocycles. The van der Waals surface area contributed by atoms with Gasteiger partial charge in [-0.15, -0.1) is 0 Å². The van der Waals surface area contributed by atoms with Crippen molar-refractivity contribution in [2.75, 3.05) is 18.4 Å². The number of benzene rings is 2. The second kappa shape index (κ2) is 7.50. The minimum Gasteiger partial charge on any atom is -0.373 e. The maximum Gasteiger partial charge on any atom is 0.257 e. The Hall–Kier alpha value is -2.70. The van der Waals surface area contributed by atoms with Crippen molar-refractivity contribution in [1.82, 2.24) is 14.9 Å². The number of H-pyrrole nitrogens is 1. The van der Waals surface area contributed by atoms with Crippen LogP contribution < -0.4 is 5.32 Å². The van der Waals surface area contributed by atoms with E-state index in [1.54, 1.807) is 0 Å². The van der Waals surface area contributed by atoms with Gasteiger partial charge in [0.25, 0.3) is 5.91 Å². The van der Waals surface area contributed by atoms with Crippen molar-refractivity contribution in [1.29, 1.82) is 0 Å². The van der Waals surface area contributed by atoms with Gasteiger partial charge in [0.2, 0.25) is 5.95 Å². The highest BCUT2D eigenvalue weighted by atomic mass is 16.5. The number of para-hydroxylation sites is 2. The van der Waals surface area contributed by atoms with Crippen LogP contribution in [-0.4, -0.2) is 46.1 Å². The van der Waals surface area contributed by atoms with Crippen molar-refractivity contribution < 1.29 is 9.53 Å². The molecule has 3 aromatic rings. The molecule has 1 amide bonds. The molecule has 0 radical (unpaired) electrons. The molecule has 2 aromatic carbocycles. The number of hydrogen-bond acceptors (Lipinski definition) is 4. The second-order valence-electron chi connectivity index (χ2n) is 7.21. The molecule has 140 valence electrons. The van der Waals surface area contributed by atoms with Crippen molar-refractivity contribution in [3.05, 3.63) is 59.7 Å². The Labute approximate surface area is 158 Å². The summed E-state index contributed by atoms with van der Waals surface area (Å²) in [4.78, 5) is 22.4. The fourth-order valence-electron chi connectivity index (χ4n) is 3.62. The van der Waals surface area contributed by atoms with Crippen LogP contribution >= 0.6 is 0 Å². The molecule has 1 aromatic heterocycles. The van der Waals surface area contributed by atoms with E-state index in [1.165, 1.54) is 5.56 Å².